The Morgan fingerprint density at radius 3 is 2.68 bits per heavy atom. The molecule has 0 saturated heterocycles. The highest BCUT2D eigenvalue weighted by molar-refractivity contribution is 5.83. The van der Waals surface area contributed by atoms with Crippen LogP contribution in [0.2, 0.25) is 0 Å². The van der Waals surface area contributed by atoms with Gasteiger partial charge in [0.1, 0.15) is 0 Å². The third-order valence-corrected chi connectivity index (χ3v) is 2.57. The zero-order chi connectivity index (χ0) is 14.1. The molecule has 1 N–H and O–H groups in total. The van der Waals surface area contributed by atoms with E-state index >= 15 is 0 Å². The smallest absolute Gasteiger partial charge is 0.240 e. The van der Waals surface area contributed by atoms with Gasteiger partial charge in [-0.3, -0.25) is 4.79 Å². The third-order valence-electron chi connectivity index (χ3n) is 2.57. The second-order valence-electron chi connectivity index (χ2n) is 4.01. The third kappa shape index (κ3) is 4.99. The number of methoxy groups -OCH3 is 2. The Morgan fingerprint density at radius 1 is 1.32 bits per heavy atom. The van der Waals surface area contributed by atoms with Gasteiger partial charge in [0.15, 0.2) is 11.5 Å². The van der Waals surface area contributed by atoms with Crippen LogP contribution >= 0.6 is 0 Å². The van der Waals surface area contributed by atoms with Gasteiger partial charge in [-0.25, -0.2) is 5.43 Å². The van der Waals surface area contributed by atoms with Gasteiger partial charge in [-0.1, -0.05) is 13.3 Å². The van der Waals surface area contributed by atoms with E-state index in [1.165, 1.54) is 0 Å². The van der Waals surface area contributed by atoms with E-state index in [1.54, 1.807) is 32.6 Å². The molecule has 5 nitrogen and oxygen atoms in total. The minimum Gasteiger partial charge on any atom is -0.493 e. The van der Waals surface area contributed by atoms with E-state index in [0.717, 1.165) is 18.4 Å². The molecule has 104 valence electrons. The van der Waals surface area contributed by atoms with E-state index in [1.807, 2.05) is 13.0 Å². The zero-order valence-corrected chi connectivity index (χ0v) is 11.6. The molecule has 0 radical (unpaired) electrons. The molecule has 0 aliphatic rings. The molecule has 1 rings (SSSR count). The number of carbonyl (C=O) groups excluding carboxylic acids is 1. The SMILES string of the molecule is CCCCC(=O)N/N=C\c1ccc(OC)c(OC)c1. The van der Waals surface area contributed by atoms with Gasteiger partial charge in [0.05, 0.1) is 20.4 Å². The fourth-order valence-corrected chi connectivity index (χ4v) is 1.51. The van der Waals surface area contributed by atoms with Gasteiger partial charge in [-0.2, -0.15) is 5.10 Å². The van der Waals surface area contributed by atoms with E-state index in [9.17, 15) is 4.79 Å². The average molecular weight is 264 g/mol. The molecule has 0 unspecified atom stereocenters. The van der Waals surface area contributed by atoms with Gasteiger partial charge < -0.3 is 9.47 Å². The topological polar surface area (TPSA) is 59.9 Å². The maximum absolute atomic E-state index is 11.3. The fraction of sp³-hybridized carbons (Fsp3) is 0.429. The van der Waals surface area contributed by atoms with Crippen molar-refractivity contribution in [2.45, 2.75) is 26.2 Å². The number of hydrogen-bond donors (Lipinski definition) is 1. The summed E-state index contributed by atoms with van der Waals surface area (Å²) in [6, 6.07) is 5.42. The van der Waals surface area contributed by atoms with Crippen LogP contribution in [0.15, 0.2) is 23.3 Å². The first kappa shape index (κ1) is 15.0. The highest BCUT2D eigenvalue weighted by Crippen LogP contribution is 2.26. The lowest BCUT2D eigenvalue weighted by molar-refractivity contribution is -0.121. The predicted octanol–water partition coefficient (Wildman–Crippen LogP) is 2.34. The lowest BCUT2D eigenvalue weighted by atomic mass is 10.2. The molecule has 19 heavy (non-hydrogen) atoms. The van der Waals surface area contributed by atoms with Gasteiger partial charge in [0, 0.05) is 6.42 Å². The standard InChI is InChI=1S/C14H20N2O3/c1-4-5-6-14(17)16-15-10-11-7-8-12(18-2)13(9-11)19-3/h7-10H,4-6H2,1-3H3,(H,16,17)/b15-10-. The molecular weight excluding hydrogens is 244 g/mol. The van der Waals surface area contributed by atoms with Crippen LogP contribution in [0.1, 0.15) is 31.7 Å². The Morgan fingerprint density at radius 2 is 2.05 bits per heavy atom. The van der Waals surface area contributed by atoms with Crippen LogP contribution < -0.4 is 14.9 Å². The van der Waals surface area contributed by atoms with Crippen molar-refractivity contribution in [3.63, 3.8) is 0 Å². The van der Waals surface area contributed by atoms with Gasteiger partial charge in [-0.15, -0.1) is 0 Å². The van der Waals surface area contributed by atoms with Crippen molar-refractivity contribution in [3.8, 4) is 11.5 Å². The number of ether oxygens (including phenoxy) is 2. The normalized spacial score (nSPS) is 10.5. The van der Waals surface area contributed by atoms with Crippen molar-refractivity contribution in [2.24, 2.45) is 5.10 Å². The van der Waals surface area contributed by atoms with Crippen LogP contribution in [0.25, 0.3) is 0 Å². The predicted molar refractivity (Wildman–Crippen MR) is 74.8 cm³/mol. The van der Waals surface area contributed by atoms with Crippen LogP contribution in [-0.4, -0.2) is 26.3 Å². The van der Waals surface area contributed by atoms with Crippen LogP contribution in [0.5, 0.6) is 11.5 Å². The molecular formula is C14H20N2O3. The van der Waals surface area contributed by atoms with Crippen molar-refractivity contribution in [1.82, 2.24) is 5.43 Å². The lowest BCUT2D eigenvalue weighted by Gasteiger charge is -2.07. The number of carbonyl (C=O) groups is 1. The molecule has 0 saturated carbocycles. The fourth-order valence-electron chi connectivity index (χ4n) is 1.51. The second kappa shape index (κ2) is 8.13. The Bertz CT molecular complexity index is 444. The molecule has 1 amide bonds. The van der Waals surface area contributed by atoms with Crippen LogP contribution in [0.4, 0.5) is 0 Å². The summed E-state index contributed by atoms with van der Waals surface area (Å²) < 4.78 is 10.3. The highest BCUT2D eigenvalue weighted by atomic mass is 16.5. The molecule has 0 atom stereocenters. The van der Waals surface area contributed by atoms with Crippen molar-refractivity contribution in [3.05, 3.63) is 23.8 Å². The summed E-state index contributed by atoms with van der Waals surface area (Å²) in [5.41, 5.74) is 3.32. The molecule has 0 spiro atoms. The molecule has 0 bridgehead atoms. The van der Waals surface area contributed by atoms with Gasteiger partial charge in [-0.05, 0) is 30.2 Å². The minimum atomic E-state index is -0.0708. The van der Waals surface area contributed by atoms with Crippen LogP contribution in [0, 0.1) is 0 Å². The summed E-state index contributed by atoms with van der Waals surface area (Å²) in [7, 11) is 3.16. The van der Waals surface area contributed by atoms with Gasteiger partial charge in [0.2, 0.25) is 5.91 Å². The molecule has 1 aromatic carbocycles. The Hall–Kier alpha value is -2.04. The maximum atomic E-state index is 11.3. The van der Waals surface area contributed by atoms with Crippen molar-refractivity contribution in [2.75, 3.05) is 14.2 Å². The largest absolute Gasteiger partial charge is 0.493 e. The second-order valence-corrected chi connectivity index (χ2v) is 4.01. The number of amides is 1. The summed E-state index contributed by atoms with van der Waals surface area (Å²) in [5, 5.41) is 3.90. The molecule has 0 aliphatic carbocycles. The number of nitrogens with one attached hydrogen (secondary N) is 1. The molecule has 0 heterocycles. The first-order valence-corrected chi connectivity index (χ1v) is 6.25. The van der Waals surface area contributed by atoms with E-state index in [0.29, 0.717) is 17.9 Å². The lowest BCUT2D eigenvalue weighted by Crippen LogP contribution is -2.16. The first-order valence-electron chi connectivity index (χ1n) is 6.25. The number of benzene rings is 1. The van der Waals surface area contributed by atoms with Gasteiger partial charge >= 0.3 is 0 Å². The Kier molecular flexibility index (Phi) is 6.43. The molecule has 0 fully saturated rings. The summed E-state index contributed by atoms with van der Waals surface area (Å²) >= 11 is 0. The number of hydrazone groups is 1. The quantitative estimate of drug-likeness (QED) is 0.607. The maximum Gasteiger partial charge on any atom is 0.240 e. The number of rotatable bonds is 7. The first-order chi connectivity index (χ1) is 9.21. The molecule has 0 aromatic heterocycles. The zero-order valence-electron chi connectivity index (χ0n) is 11.6. The van der Waals surface area contributed by atoms with E-state index in [4.69, 9.17) is 9.47 Å². The molecule has 5 heteroatoms. The Balaban J connectivity index is 2.59. The average Bonchev–Trinajstić information content (AvgIpc) is 2.44. The summed E-state index contributed by atoms with van der Waals surface area (Å²) in [5.74, 6) is 1.22. The van der Waals surface area contributed by atoms with Gasteiger partial charge in [0.25, 0.3) is 0 Å². The number of hydrogen-bond acceptors (Lipinski definition) is 4. The van der Waals surface area contributed by atoms with E-state index in [-0.39, 0.29) is 5.91 Å². The molecule has 0 aliphatic heterocycles. The Labute approximate surface area is 113 Å². The minimum absolute atomic E-state index is 0.0708. The summed E-state index contributed by atoms with van der Waals surface area (Å²) in [4.78, 5) is 11.3. The monoisotopic (exact) mass is 264 g/mol. The van der Waals surface area contributed by atoms with E-state index in [2.05, 4.69) is 10.5 Å². The highest BCUT2D eigenvalue weighted by Gasteiger charge is 2.03. The number of nitrogens with zero attached hydrogens (tertiary/aromatic N) is 1. The van der Waals surface area contributed by atoms with E-state index < -0.39 is 0 Å². The van der Waals surface area contributed by atoms with Crippen LogP contribution in [0.3, 0.4) is 0 Å². The summed E-state index contributed by atoms with van der Waals surface area (Å²) in [6.45, 7) is 2.04. The summed E-state index contributed by atoms with van der Waals surface area (Å²) in [6.07, 6.45) is 3.94. The van der Waals surface area contributed by atoms with Crippen molar-refractivity contribution in [1.29, 1.82) is 0 Å². The number of unbranched alkanes of at least 4 members (excludes halogenated alkanes) is 1. The van der Waals surface area contributed by atoms with Crippen molar-refractivity contribution >= 4 is 12.1 Å². The van der Waals surface area contributed by atoms with Crippen LogP contribution in [-0.2, 0) is 4.79 Å². The van der Waals surface area contributed by atoms with Crippen molar-refractivity contribution < 1.29 is 14.3 Å². The molecule has 1 aromatic rings.